The van der Waals surface area contributed by atoms with Gasteiger partial charge in [-0.25, -0.2) is 0 Å². The minimum Gasteiger partial charge on any atom is -0.618 e. The molecular weight excluding hydrogens is 324 g/mol. The first-order chi connectivity index (χ1) is 12.8. The molecule has 26 heavy (non-hydrogen) atoms. The molecule has 4 nitrogen and oxygen atoms in total. The third-order valence-corrected chi connectivity index (χ3v) is 5.56. The number of piperidine rings is 1. The van der Waals surface area contributed by atoms with Gasteiger partial charge in [-0.2, -0.15) is 4.74 Å². The molecule has 0 spiro atoms. The standard InChI is InChI=1S/C22H22N2O2/c25-24-14-20(19-6-2-3-7-21(19)24)22-18-9-8-16(12-17(18)15-26-22)13-23-10-4-1-5-11-23/h2-3,6-9,12,14H,1,4-5,10-11,13,15H2. The van der Waals surface area contributed by atoms with Crippen LogP contribution in [0, 0.1) is 5.21 Å². The van der Waals surface area contributed by atoms with Crippen LogP contribution in [0.1, 0.15) is 41.5 Å². The molecule has 0 aromatic heterocycles. The number of nitrogens with zero attached hydrogens (tertiary/aromatic N) is 2. The van der Waals surface area contributed by atoms with Crippen LogP contribution in [0.4, 0.5) is 5.69 Å². The summed E-state index contributed by atoms with van der Waals surface area (Å²) in [5.74, 6) is 0.829. The van der Waals surface area contributed by atoms with Crippen molar-refractivity contribution in [3.8, 4) is 0 Å². The molecule has 2 aromatic carbocycles. The first kappa shape index (κ1) is 15.6. The van der Waals surface area contributed by atoms with Gasteiger partial charge in [0.05, 0.1) is 11.1 Å². The van der Waals surface area contributed by atoms with Gasteiger partial charge in [0.2, 0.25) is 5.69 Å². The Morgan fingerprint density at radius 1 is 1.00 bits per heavy atom. The van der Waals surface area contributed by atoms with E-state index in [2.05, 4.69) is 23.1 Å². The molecule has 2 aromatic rings. The highest BCUT2D eigenvalue weighted by Crippen LogP contribution is 2.40. The van der Waals surface area contributed by atoms with Crippen LogP contribution in [0.25, 0.3) is 11.3 Å². The van der Waals surface area contributed by atoms with E-state index in [4.69, 9.17) is 4.74 Å². The van der Waals surface area contributed by atoms with Gasteiger partial charge in [-0.15, -0.1) is 0 Å². The zero-order valence-electron chi connectivity index (χ0n) is 14.8. The second-order valence-electron chi connectivity index (χ2n) is 7.33. The SMILES string of the molecule is [O-][N+]1=CC(=C2OCc3cc(CN4CCCCC4)ccc32)c2ccccc21. The number of likely N-dealkylation sites (tertiary alicyclic amines) is 1. The Morgan fingerprint density at radius 3 is 2.73 bits per heavy atom. The van der Waals surface area contributed by atoms with E-state index >= 15 is 0 Å². The van der Waals surface area contributed by atoms with Gasteiger partial charge in [-0.1, -0.05) is 36.8 Å². The predicted octanol–water partition coefficient (Wildman–Crippen LogP) is 4.30. The molecule has 1 fully saturated rings. The molecule has 0 radical (unpaired) electrons. The van der Waals surface area contributed by atoms with Crippen LogP contribution in [0.5, 0.6) is 0 Å². The molecule has 4 heteroatoms. The third kappa shape index (κ3) is 2.61. The van der Waals surface area contributed by atoms with Gasteiger partial charge in [0, 0.05) is 23.7 Å². The van der Waals surface area contributed by atoms with Gasteiger partial charge >= 0.3 is 0 Å². The van der Waals surface area contributed by atoms with E-state index in [-0.39, 0.29) is 0 Å². The van der Waals surface area contributed by atoms with E-state index < -0.39 is 0 Å². The monoisotopic (exact) mass is 346 g/mol. The fraction of sp³-hybridized carbons (Fsp3) is 0.318. The minimum absolute atomic E-state index is 0.580. The molecule has 132 valence electrons. The maximum Gasteiger partial charge on any atom is 0.224 e. The van der Waals surface area contributed by atoms with Gasteiger partial charge < -0.3 is 9.94 Å². The highest BCUT2D eigenvalue weighted by molar-refractivity contribution is 6.20. The van der Waals surface area contributed by atoms with Crippen molar-refractivity contribution in [1.82, 2.24) is 4.90 Å². The molecule has 3 heterocycles. The van der Waals surface area contributed by atoms with E-state index in [0.717, 1.165) is 33.7 Å². The average molecular weight is 346 g/mol. The Hall–Kier alpha value is -2.59. The van der Waals surface area contributed by atoms with E-state index in [1.807, 2.05) is 24.3 Å². The van der Waals surface area contributed by atoms with Gasteiger partial charge in [-0.3, -0.25) is 4.90 Å². The molecule has 0 aliphatic carbocycles. The average Bonchev–Trinajstić information content (AvgIpc) is 3.24. The first-order valence-electron chi connectivity index (χ1n) is 9.42. The first-order valence-corrected chi connectivity index (χ1v) is 9.42. The zero-order chi connectivity index (χ0) is 17.5. The number of hydrogen-bond donors (Lipinski definition) is 0. The number of ether oxygens (including phenoxy) is 1. The van der Waals surface area contributed by atoms with Gasteiger partial charge in [0.15, 0.2) is 6.21 Å². The van der Waals surface area contributed by atoms with Crippen LogP contribution in [0.2, 0.25) is 0 Å². The van der Waals surface area contributed by atoms with E-state index in [9.17, 15) is 5.21 Å². The fourth-order valence-electron chi connectivity index (χ4n) is 4.24. The Balaban J connectivity index is 1.48. The van der Waals surface area contributed by atoms with Crippen LogP contribution in [0.15, 0.2) is 42.5 Å². The number of allylic oxidation sites excluding steroid dienone is 1. The molecule has 0 amide bonds. The van der Waals surface area contributed by atoms with E-state index in [1.54, 1.807) is 6.21 Å². The van der Waals surface area contributed by atoms with Crippen molar-refractivity contribution in [3.05, 3.63) is 69.9 Å². The molecule has 3 aliphatic heterocycles. The largest absolute Gasteiger partial charge is 0.618 e. The lowest BCUT2D eigenvalue weighted by molar-refractivity contribution is -0.350. The van der Waals surface area contributed by atoms with E-state index in [1.165, 1.54) is 43.5 Å². The van der Waals surface area contributed by atoms with Crippen molar-refractivity contribution >= 4 is 23.2 Å². The third-order valence-electron chi connectivity index (χ3n) is 5.56. The number of hydrogen-bond acceptors (Lipinski definition) is 3. The topological polar surface area (TPSA) is 38.5 Å². The van der Waals surface area contributed by atoms with Crippen molar-refractivity contribution in [3.63, 3.8) is 0 Å². The zero-order valence-corrected chi connectivity index (χ0v) is 14.8. The van der Waals surface area contributed by atoms with Crippen LogP contribution in [-0.2, 0) is 17.9 Å². The maximum absolute atomic E-state index is 12.2. The van der Waals surface area contributed by atoms with Gasteiger partial charge in [0.25, 0.3) is 0 Å². The lowest BCUT2D eigenvalue weighted by atomic mass is 9.99. The van der Waals surface area contributed by atoms with Crippen LogP contribution in [-0.4, -0.2) is 28.9 Å². The van der Waals surface area contributed by atoms with Crippen LogP contribution >= 0.6 is 0 Å². The molecule has 1 saturated heterocycles. The molecule has 0 N–H and O–H groups in total. The number of para-hydroxylation sites is 1. The number of fused-ring (bicyclic) bond motifs is 2. The Labute approximate surface area is 153 Å². The lowest BCUT2D eigenvalue weighted by Gasteiger charge is -2.26. The summed E-state index contributed by atoms with van der Waals surface area (Å²) in [5.41, 5.74) is 6.21. The summed E-state index contributed by atoms with van der Waals surface area (Å²) in [5, 5.41) is 12.2. The maximum atomic E-state index is 12.2. The Bertz CT molecular complexity index is 923. The summed E-state index contributed by atoms with van der Waals surface area (Å²) >= 11 is 0. The van der Waals surface area contributed by atoms with Crippen molar-refractivity contribution < 1.29 is 9.48 Å². The number of rotatable bonds is 2. The normalized spacial score (nSPS) is 21.9. The summed E-state index contributed by atoms with van der Waals surface area (Å²) in [6, 6.07) is 14.3. The predicted molar refractivity (Wildman–Crippen MR) is 103 cm³/mol. The van der Waals surface area contributed by atoms with Crippen LogP contribution in [0.3, 0.4) is 0 Å². The lowest BCUT2D eigenvalue weighted by Crippen LogP contribution is -2.29. The summed E-state index contributed by atoms with van der Waals surface area (Å²) in [6.45, 7) is 4.00. The summed E-state index contributed by atoms with van der Waals surface area (Å²) < 4.78 is 6.96. The van der Waals surface area contributed by atoms with Crippen molar-refractivity contribution in [1.29, 1.82) is 0 Å². The van der Waals surface area contributed by atoms with E-state index in [0.29, 0.717) is 12.3 Å². The smallest absolute Gasteiger partial charge is 0.224 e. The summed E-state index contributed by atoms with van der Waals surface area (Å²) in [7, 11) is 0. The Kier molecular flexibility index (Phi) is 3.79. The fourth-order valence-corrected chi connectivity index (χ4v) is 4.24. The molecule has 0 atom stereocenters. The summed E-state index contributed by atoms with van der Waals surface area (Å²) in [4.78, 5) is 2.54. The second-order valence-corrected chi connectivity index (χ2v) is 7.33. The van der Waals surface area contributed by atoms with Crippen molar-refractivity contribution in [2.24, 2.45) is 0 Å². The quantitative estimate of drug-likeness (QED) is 0.601. The van der Waals surface area contributed by atoms with Crippen LogP contribution < -0.4 is 0 Å². The summed E-state index contributed by atoms with van der Waals surface area (Å²) in [6.07, 6.45) is 5.62. The minimum atomic E-state index is 0.580. The molecule has 0 saturated carbocycles. The molecule has 3 aliphatic rings. The molecule has 0 bridgehead atoms. The second kappa shape index (κ2) is 6.29. The number of benzene rings is 2. The highest BCUT2D eigenvalue weighted by Gasteiger charge is 2.30. The molecular formula is C22H22N2O2. The van der Waals surface area contributed by atoms with Gasteiger partial charge in [-0.05, 0) is 37.6 Å². The van der Waals surface area contributed by atoms with Crippen molar-refractivity contribution in [2.75, 3.05) is 13.1 Å². The molecule has 5 rings (SSSR count). The Morgan fingerprint density at radius 2 is 1.85 bits per heavy atom. The molecule has 0 unspecified atom stereocenters. The highest BCUT2D eigenvalue weighted by atomic mass is 16.5. The van der Waals surface area contributed by atoms with Crippen molar-refractivity contribution in [2.45, 2.75) is 32.4 Å². The van der Waals surface area contributed by atoms with Gasteiger partial charge in [0.1, 0.15) is 12.4 Å².